The Balaban J connectivity index is 3.04. The summed E-state index contributed by atoms with van der Waals surface area (Å²) in [4.78, 5) is 12.5. The molecule has 0 saturated heterocycles. The normalized spacial score (nSPS) is 12.5. The molecule has 0 heterocycles. The van der Waals surface area contributed by atoms with Crippen molar-refractivity contribution < 1.29 is 28.2 Å². The lowest BCUT2D eigenvalue weighted by Crippen LogP contribution is -2.35. The Morgan fingerprint density at radius 3 is 2.62 bits per heavy atom. The Hall–Kier alpha value is -1.89. The molecule has 1 rings (SSSR count). The third kappa shape index (κ3) is 4.86. The first-order valence-corrected chi connectivity index (χ1v) is 6.49. The summed E-state index contributed by atoms with van der Waals surface area (Å²) in [5, 5.41) is 8.97. The number of carboxylic acids is 1. The zero-order valence-electron chi connectivity index (χ0n) is 12.2. The number of benzene rings is 1. The van der Waals surface area contributed by atoms with Crippen molar-refractivity contribution in [2.45, 2.75) is 33.0 Å². The monoisotopic (exact) mass is 303 g/mol. The SMILES string of the molecule is CCOc1cccc(CN(C)C(C)C(=O)O)c1OC(F)F. The van der Waals surface area contributed by atoms with Crippen molar-refractivity contribution in [1.82, 2.24) is 4.90 Å². The van der Waals surface area contributed by atoms with E-state index in [1.807, 2.05) is 0 Å². The molecule has 0 saturated carbocycles. The lowest BCUT2D eigenvalue weighted by atomic mass is 10.1. The van der Waals surface area contributed by atoms with Crippen LogP contribution in [0.2, 0.25) is 0 Å². The van der Waals surface area contributed by atoms with Gasteiger partial charge in [-0.15, -0.1) is 0 Å². The highest BCUT2D eigenvalue weighted by atomic mass is 19.3. The number of rotatable bonds is 8. The predicted molar refractivity (Wildman–Crippen MR) is 72.8 cm³/mol. The van der Waals surface area contributed by atoms with E-state index in [0.717, 1.165) is 0 Å². The summed E-state index contributed by atoms with van der Waals surface area (Å²) in [7, 11) is 1.60. The minimum Gasteiger partial charge on any atom is -0.490 e. The molecular formula is C14H19F2NO4. The van der Waals surface area contributed by atoms with Crippen molar-refractivity contribution in [1.29, 1.82) is 0 Å². The first kappa shape index (κ1) is 17.2. The molecular weight excluding hydrogens is 284 g/mol. The molecule has 0 fully saturated rings. The summed E-state index contributed by atoms with van der Waals surface area (Å²) in [5.74, 6) is -0.833. The fraction of sp³-hybridized carbons (Fsp3) is 0.500. The highest BCUT2D eigenvalue weighted by molar-refractivity contribution is 5.72. The number of ether oxygens (including phenoxy) is 2. The Morgan fingerprint density at radius 1 is 1.43 bits per heavy atom. The van der Waals surface area contributed by atoms with Crippen LogP contribution in [0.15, 0.2) is 18.2 Å². The second-order valence-corrected chi connectivity index (χ2v) is 4.49. The average Bonchev–Trinajstić information content (AvgIpc) is 2.41. The minimum absolute atomic E-state index is 0.0567. The summed E-state index contributed by atoms with van der Waals surface area (Å²) in [6.45, 7) is 0.730. The summed E-state index contributed by atoms with van der Waals surface area (Å²) in [6.07, 6.45) is 0. The molecule has 0 aliphatic heterocycles. The molecule has 1 atom stereocenters. The highest BCUT2D eigenvalue weighted by Crippen LogP contribution is 2.33. The molecule has 0 bridgehead atoms. The van der Waals surface area contributed by atoms with Gasteiger partial charge >= 0.3 is 12.6 Å². The van der Waals surface area contributed by atoms with E-state index in [2.05, 4.69) is 4.74 Å². The Morgan fingerprint density at radius 2 is 2.10 bits per heavy atom. The van der Waals surface area contributed by atoms with Gasteiger partial charge in [-0.2, -0.15) is 8.78 Å². The van der Waals surface area contributed by atoms with Crippen LogP contribution in [-0.2, 0) is 11.3 Å². The van der Waals surface area contributed by atoms with Crippen LogP contribution in [0.5, 0.6) is 11.5 Å². The van der Waals surface area contributed by atoms with Crippen LogP contribution < -0.4 is 9.47 Å². The van der Waals surface area contributed by atoms with Gasteiger partial charge in [0.05, 0.1) is 6.61 Å². The minimum atomic E-state index is -2.98. The number of alkyl halides is 2. The van der Waals surface area contributed by atoms with Gasteiger partial charge in [-0.3, -0.25) is 9.69 Å². The van der Waals surface area contributed by atoms with E-state index in [9.17, 15) is 13.6 Å². The van der Waals surface area contributed by atoms with E-state index in [0.29, 0.717) is 12.2 Å². The summed E-state index contributed by atoms with van der Waals surface area (Å²) < 4.78 is 34.9. The van der Waals surface area contributed by atoms with E-state index in [1.165, 1.54) is 17.9 Å². The number of hydrogen-bond donors (Lipinski definition) is 1. The van der Waals surface area contributed by atoms with Gasteiger partial charge in [0, 0.05) is 12.1 Å². The van der Waals surface area contributed by atoms with Gasteiger partial charge in [-0.25, -0.2) is 0 Å². The number of carboxylic acid groups (broad SMARTS) is 1. The largest absolute Gasteiger partial charge is 0.490 e. The van der Waals surface area contributed by atoms with E-state index in [4.69, 9.17) is 9.84 Å². The van der Waals surface area contributed by atoms with Gasteiger partial charge in [0.2, 0.25) is 0 Å². The zero-order valence-corrected chi connectivity index (χ0v) is 12.2. The quantitative estimate of drug-likeness (QED) is 0.800. The molecule has 0 aliphatic rings. The predicted octanol–water partition coefficient (Wildman–Crippen LogP) is 2.59. The van der Waals surface area contributed by atoms with Crippen LogP contribution in [0.4, 0.5) is 8.78 Å². The summed E-state index contributed by atoms with van der Waals surface area (Å²) in [5.41, 5.74) is 0.442. The van der Waals surface area contributed by atoms with Crippen molar-refractivity contribution >= 4 is 5.97 Å². The van der Waals surface area contributed by atoms with Gasteiger partial charge in [0.25, 0.3) is 0 Å². The number of aliphatic carboxylic acids is 1. The molecule has 5 nitrogen and oxygen atoms in total. The lowest BCUT2D eigenvalue weighted by molar-refractivity contribution is -0.142. The zero-order chi connectivity index (χ0) is 16.0. The molecule has 0 radical (unpaired) electrons. The molecule has 118 valence electrons. The maximum Gasteiger partial charge on any atom is 0.387 e. The smallest absolute Gasteiger partial charge is 0.387 e. The molecule has 0 amide bonds. The lowest BCUT2D eigenvalue weighted by Gasteiger charge is -2.23. The molecule has 21 heavy (non-hydrogen) atoms. The topological polar surface area (TPSA) is 59.0 Å². The fourth-order valence-corrected chi connectivity index (χ4v) is 1.77. The highest BCUT2D eigenvalue weighted by Gasteiger charge is 2.21. The third-order valence-electron chi connectivity index (χ3n) is 3.01. The molecule has 0 aliphatic carbocycles. The van der Waals surface area contributed by atoms with Crippen LogP contribution in [-0.4, -0.2) is 42.3 Å². The Labute approximate surface area is 122 Å². The Kier molecular flexibility index (Phi) is 6.36. The number of carbonyl (C=O) groups is 1. The fourth-order valence-electron chi connectivity index (χ4n) is 1.77. The third-order valence-corrected chi connectivity index (χ3v) is 3.01. The maximum atomic E-state index is 12.6. The van der Waals surface area contributed by atoms with Crippen LogP contribution in [0.25, 0.3) is 0 Å². The number of nitrogens with zero attached hydrogens (tertiary/aromatic N) is 1. The second kappa shape index (κ2) is 7.78. The van der Waals surface area contributed by atoms with E-state index in [-0.39, 0.29) is 18.0 Å². The van der Waals surface area contributed by atoms with Crippen LogP contribution in [0, 0.1) is 0 Å². The molecule has 1 unspecified atom stereocenters. The molecule has 7 heteroatoms. The number of likely N-dealkylation sites (N-methyl/N-ethyl adjacent to an activating group) is 1. The number of halogens is 2. The second-order valence-electron chi connectivity index (χ2n) is 4.49. The number of hydrogen-bond acceptors (Lipinski definition) is 4. The first-order chi connectivity index (χ1) is 9.86. The molecule has 1 aromatic carbocycles. The average molecular weight is 303 g/mol. The van der Waals surface area contributed by atoms with Crippen molar-refractivity contribution in [3.8, 4) is 11.5 Å². The van der Waals surface area contributed by atoms with Crippen molar-refractivity contribution in [3.63, 3.8) is 0 Å². The standard InChI is InChI=1S/C14H19F2NO4/c1-4-20-11-7-5-6-10(12(11)21-14(15)16)8-17(3)9(2)13(18)19/h5-7,9,14H,4,8H2,1-3H3,(H,18,19). The summed E-state index contributed by atoms with van der Waals surface area (Å²) >= 11 is 0. The van der Waals surface area contributed by atoms with Gasteiger partial charge in [-0.05, 0) is 27.0 Å². The van der Waals surface area contributed by atoms with Gasteiger partial charge in [0.1, 0.15) is 6.04 Å². The van der Waals surface area contributed by atoms with Crippen LogP contribution in [0.1, 0.15) is 19.4 Å². The molecule has 0 aromatic heterocycles. The Bertz CT molecular complexity index is 482. The van der Waals surface area contributed by atoms with Gasteiger partial charge in [-0.1, -0.05) is 12.1 Å². The number of para-hydroxylation sites is 1. The molecule has 1 aromatic rings. The van der Waals surface area contributed by atoms with Crippen LogP contribution in [0.3, 0.4) is 0 Å². The van der Waals surface area contributed by atoms with Gasteiger partial charge in [0.15, 0.2) is 11.5 Å². The first-order valence-electron chi connectivity index (χ1n) is 6.49. The molecule has 1 N–H and O–H groups in total. The molecule has 0 spiro atoms. The maximum absolute atomic E-state index is 12.6. The van der Waals surface area contributed by atoms with Crippen molar-refractivity contribution in [2.75, 3.05) is 13.7 Å². The van der Waals surface area contributed by atoms with Crippen molar-refractivity contribution in [3.05, 3.63) is 23.8 Å². The van der Waals surface area contributed by atoms with E-state index in [1.54, 1.807) is 26.1 Å². The van der Waals surface area contributed by atoms with Gasteiger partial charge < -0.3 is 14.6 Å². The van der Waals surface area contributed by atoms with Crippen LogP contribution >= 0.6 is 0 Å². The van der Waals surface area contributed by atoms with E-state index >= 15 is 0 Å². The van der Waals surface area contributed by atoms with Crippen molar-refractivity contribution in [2.24, 2.45) is 0 Å². The summed E-state index contributed by atoms with van der Waals surface area (Å²) in [6, 6.07) is 4.04. The van der Waals surface area contributed by atoms with E-state index < -0.39 is 18.6 Å².